The van der Waals surface area contributed by atoms with E-state index in [0.717, 1.165) is 21.5 Å². The smallest absolute Gasteiger partial charge is 0.399 e. The summed E-state index contributed by atoms with van der Waals surface area (Å²) >= 11 is 3.40. The van der Waals surface area contributed by atoms with Crippen molar-refractivity contribution in [2.24, 2.45) is 0 Å². The number of nitrogens with zero attached hydrogens (tertiary/aromatic N) is 1. The number of oxazole rings is 1. The molecule has 1 aromatic heterocycles. The number of hydrogen-bond acceptors (Lipinski definition) is 4. The molecule has 17 heavy (non-hydrogen) atoms. The summed E-state index contributed by atoms with van der Waals surface area (Å²) in [5.74, 6) is 0.742. The van der Waals surface area contributed by atoms with Crippen molar-refractivity contribution in [2.75, 3.05) is 7.05 Å². The molecule has 0 saturated heterocycles. The van der Waals surface area contributed by atoms with Crippen LogP contribution >= 0.6 is 15.9 Å². The van der Waals surface area contributed by atoms with Gasteiger partial charge in [0.2, 0.25) is 0 Å². The van der Waals surface area contributed by atoms with Gasteiger partial charge in [0.25, 0.3) is 0 Å². The third-order valence-electron chi connectivity index (χ3n) is 2.22. The van der Waals surface area contributed by atoms with Crippen molar-refractivity contribution >= 4 is 15.9 Å². The van der Waals surface area contributed by atoms with E-state index in [1.54, 1.807) is 6.26 Å². The summed E-state index contributed by atoms with van der Waals surface area (Å²) in [5.41, 5.74) is 1.84. The second kappa shape index (κ2) is 5.33. The molecule has 0 unspecified atom stereocenters. The molecule has 0 saturated carbocycles. The lowest BCUT2D eigenvalue weighted by Gasteiger charge is -2.04. The van der Waals surface area contributed by atoms with Gasteiger partial charge in [0, 0.05) is 11.0 Å². The third kappa shape index (κ3) is 3.08. The van der Waals surface area contributed by atoms with Gasteiger partial charge in [0.05, 0.1) is 5.69 Å². The number of aromatic nitrogens is 1. The van der Waals surface area contributed by atoms with Gasteiger partial charge in [-0.25, -0.2) is 0 Å². The van der Waals surface area contributed by atoms with Crippen molar-refractivity contribution in [1.82, 2.24) is 10.3 Å². The van der Waals surface area contributed by atoms with Crippen LogP contribution in [0.2, 0.25) is 0 Å². The zero-order chi connectivity index (χ0) is 12.3. The summed E-state index contributed by atoms with van der Waals surface area (Å²) in [6, 6.07) is 5.77. The van der Waals surface area contributed by atoms with Gasteiger partial charge in [-0.2, -0.15) is 4.98 Å². The Labute approximate surface area is 108 Å². The minimum Gasteiger partial charge on any atom is -0.417 e. The molecule has 2 aromatic rings. The molecule has 2 rings (SSSR count). The second-order valence-electron chi connectivity index (χ2n) is 3.65. The van der Waals surface area contributed by atoms with E-state index < -0.39 is 0 Å². The first-order valence-electron chi connectivity index (χ1n) is 5.22. The van der Waals surface area contributed by atoms with E-state index in [0.29, 0.717) is 6.54 Å². The zero-order valence-corrected chi connectivity index (χ0v) is 11.2. The lowest BCUT2D eigenvalue weighted by molar-refractivity contribution is 0.329. The molecule has 90 valence electrons. The third-order valence-corrected chi connectivity index (χ3v) is 2.72. The van der Waals surface area contributed by atoms with Gasteiger partial charge in [0.15, 0.2) is 0 Å². The van der Waals surface area contributed by atoms with Crippen molar-refractivity contribution < 1.29 is 9.15 Å². The Hall–Kier alpha value is -1.33. The van der Waals surface area contributed by atoms with Crippen molar-refractivity contribution in [2.45, 2.75) is 13.5 Å². The molecule has 0 aliphatic heterocycles. The first-order valence-corrected chi connectivity index (χ1v) is 6.01. The largest absolute Gasteiger partial charge is 0.417 e. The molecule has 0 aliphatic carbocycles. The molecular formula is C12H13BrN2O2. The fourth-order valence-corrected chi connectivity index (χ4v) is 1.89. The van der Waals surface area contributed by atoms with Crippen LogP contribution in [0.4, 0.5) is 0 Å². The lowest BCUT2D eigenvalue weighted by atomic mass is 10.2. The Morgan fingerprint density at radius 3 is 3.00 bits per heavy atom. The second-order valence-corrected chi connectivity index (χ2v) is 4.56. The van der Waals surface area contributed by atoms with Crippen molar-refractivity contribution in [1.29, 1.82) is 0 Å². The van der Waals surface area contributed by atoms with E-state index >= 15 is 0 Å². The molecular weight excluding hydrogens is 284 g/mol. The number of hydrogen-bond donors (Lipinski definition) is 1. The van der Waals surface area contributed by atoms with Crippen LogP contribution in [-0.4, -0.2) is 12.0 Å². The van der Waals surface area contributed by atoms with Gasteiger partial charge >= 0.3 is 6.08 Å². The Balaban J connectivity index is 2.13. The molecule has 0 spiro atoms. The number of halogens is 1. The first kappa shape index (κ1) is 12.1. The minimum atomic E-state index is 0.265. The number of benzene rings is 1. The normalized spacial score (nSPS) is 10.5. The van der Waals surface area contributed by atoms with Crippen LogP contribution < -0.4 is 10.1 Å². The standard InChI is InChI=1S/C12H13BrN2O2/c1-8-5-9(13)3-4-11(8)17-12-15-10(6-14-2)7-16-12/h3-5,7,14H,6H2,1-2H3. The van der Waals surface area contributed by atoms with E-state index in [2.05, 4.69) is 26.2 Å². The van der Waals surface area contributed by atoms with Crippen molar-refractivity contribution in [3.05, 3.63) is 40.2 Å². The number of ether oxygens (including phenoxy) is 1. The average Bonchev–Trinajstić information content (AvgIpc) is 2.71. The van der Waals surface area contributed by atoms with Crippen LogP contribution in [0.15, 0.2) is 33.4 Å². The fourth-order valence-electron chi connectivity index (χ4n) is 1.42. The molecule has 0 atom stereocenters. The summed E-state index contributed by atoms with van der Waals surface area (Å²) in [7, 11) is 1.86. The molecule has 0 fully saturated rings. The maximum atomic E-state index is 5.56. The van der Waals surface area contributed by atoms with E-state index in [-0.39, 0.29) is 6.08 Å². The highest BCUT2D eigenvalue weighted by Gasteiger charge is 2.07. The Morgan fingerprint density at radius 1 is 1.47 bits per heavy atom. The molecule has 1 heterocycles. The fraction of sp³-hybridized carbons (Fsp3) is 0.250. The molecule has 0 amide bonds. The molecule has 0 radical (unpaired) electrons. The number of rotatable bonds is 4. The van der Waals surface area contributed by atoms with Crippen LogP contribution in [0.5, 0.6) is 11.8 Å². The SMILES string of the molecule is CNCc1coc(Oc2ccc(Br)cc2C)n1. The molecule has 0 bridgehead atoms. The number of nitrogens with one attached hydrogen (secondary N) is 1. The number of aryl methyl sites for hydroxylation is 1. The molecule has 1 aromatic carbocycles. The van der Waals surface area contributed by atoms with Crippen LogP contribution in [0.1, 0.15) is 11.3 Å². The monoisotopic (exact) mass is 296 g/mol. The predicted octanol–water partition coefficient (Wildman–Crippen LogP) is 3.26. The van der Waals surface area contributed by atoms with Crippen molar-refractivity contribution in [3.63, 3.8) is 0 Å². The van der Waals surface area contributed by atoms with Gasteiger partial charge in [-0.05, 0) is 37.7 Å². The van der Waals surface area contributed by atoms with Gasteiger partial charge in [-0.1, -0.05) is 15.9 Å². The average molecular weight is 297 g/mol. The highest BCUT2D eigenvalue weighted by atomic mass is 79.9. The molecule has 5 heteroatoms. The summed E-state index contributed by atoms with van der Waals surface area (Å²) in [6.45, 7) is 2.63. The Bertz CT molecular complexity index is 511. The summed E-state index contributed by atoms with van der Waals surface area (Å²) in [6.07, 6.45) is 1.85. The Kier molecular flexibility index (Phi) is 3.81. The van der Waals surface area contributed by atoms with Crippen LogP contribution in [-0.2, 0) is 6.54 Å². The molecule has 1 N–H and O–H groups in total. The van der Waals surface area contributed by atoms with Gasteiger partial charge in [0.1, 0.15) is 12.0 Å². The topological polar surface area (TPSA) is 47.3 Å². The van der Waals surface area contributed by atoms with Crippen molar-refractivity contribution in [3.8, 4) is 11.8 Å². The molecule has 0 aliphatic rings. The van der Waals surface area contributed by atoms with E-state index in [1.165, 1.54) is 0 Å². The lowest BCUT2D eigenvalue weighted by Crippen LogP contribution is -2.04. The van der Waals surface area contributed by atoms with Gasteiger partial charge < -0.3 is 14.5 Å². The summed E-state index contributed by atoms with van der Waals surface area (Å²) in [5, 5.41) is 3.00. The zero-order valence-electron chi connectivity index (χ0n) is 9.66. The first-order chi connectivity index (χ1) is 8.19. The Morgan fingerprint density at radius 2 is 2.29 bits per heavy atom. The van der Waals surface area contributed by atoms with Crippen LogP contribution in [0, 0.1) is 6.92 Å². The maximum Gasteiger partial charge on any atom is 0.399 e. The van der Waals surface area contributed by atoms with E-state index in [1.807, 2.05) is 32.2 Å². The van der Waals surface area contributed by atoms with Crippen LogP contribution in [0.25, 0.3) is 0 Å². The quantitative estimate of drug-likeness (QED) is 0.941. The maximum absolute atomic E-state index is 5.56. The van der Waals surface area contributed by atoms with Gasteiger partial charge in [-0.3, -0.25) is 0 Å². The predicted molar refractivity (Wildman–Crippen MR) is 68.2 cm³/mol. The highest BCUT2D eigenvalue weighted by molar-refractivity contribution is 9.10. The summed E-state index contributed by atoms with van der Waals surface area (Å²) in [4.78, 5) is 4.20. The van der Waals surface area contributed by atoms with E-state index in [4.69, 9.17) is 9.15 Å². The minimum absolute atomic E-state index is 0.265. The summed E-state index contributed by atoms with van der Waals surface area (Å²) < 4.78 is 11.8. The highest BCUT2D eigenvalue weighted by Crippen LogP contribution is 2.26. The van der Waals surface area contributed by atoms with Crippen LogP contribution in [0.3, 0.4) is 0 Å². The van der Waals surface area contributed by atoms with Gasteiger partial charge in [-0.15, -0.1) is 0 Å². The molecule has 4 nitrogen and oxygen atoms in total. The van der Waals surface area contributed by atoms with E-state index in [9.17, 15) is 0 Å².